The summed E-state index contributed by atoms with van der Waals surface area (Å²) >= 11 is 1.42. The van der Waals surface area contributed by atoms with Crippen LogP contribution in [0.2, 0.25) is 0 Å². The molecule has 2 heterocycles. The van der Waals surface area contributed by atoms with Crippen molar-refractivity contribution < 1.29 is 4.79 Å². The van der Waals surface area contributed by atoms with E-state index in [-0.39, 0.29) is 5.91 Å². The largest absolute Gasteiger partial charge is 0.397 e. The van der Waals surface area contributed by atoms with E-state index in [0.717, 1.165) is 35.2 Å². The molecule has 3 rings (SSSR count). The molecule has 0 saturated carbocycles. The number of amides is 1. The van der Waals surface area contributed by atoms with Gasteiger partial charge in [-0.25, -0.2) is 4.98 Å². The number of carbonyl (C=O) groups excluding carboxylic acids is 1. The number of rotatable bonds is 3. The van der Waals surface area contributed by atoms with Gasteiger partial charge in [-0.3, -0.25) is 4.79 Å². The molecule has 0 fully saturated rings. The van der Waals surface area contributed by atoms with Gasteiger partial charge in [0.15, 0.2) is 0 Å². The SMILES string of the molecule is CCCNC(=O)c1sc2nc(C)c3c(c2c1N)CCCC3. The van der Waals surface area contributed by atoms with E-state index < -0.39 is 0 Å². The lowest BCUT2D eigenvalue weighted by Gasteiger charge is -2.18. The summed E-state index contributed by atoms with van der Waals surface area (Å²) in [5.74, 6) is -0.0698. The van der Waals surface area contributed by atoms with Crippen molar-refractivity contribution in [3.05, 3.63) is 21.7 Å². The third kappa shape index (κ3) is 2.39. The molecule has 2 aromatic rings. The van der Waals surface area contributed by atoms with E-state index in [1.165, 1.54) is 35.3 Å². The predicted octanol–water partition coefficient (Wildman–Crippen LogP) is 3.21. The zero-order valence-corrected chi connectivity index (χ0v) is 13.4. The second kappa shape index (κ2) is 5.64. The molecular weight excluding hydrogens is 282 g/mol. The number of nitrogens with two attached hydrogens (primary N) is 1. The Bertz CT molecular complexity index is 705. The summed E-state index contributed by atoms with van der Waals surface area (Å²) in [4.78, 5) is 18.5. The molecule has 0 aromatic carbocycles. The summed E-state index contributed by atoms with van der Waals surface area (Å²) in [5.41, 5.74) is 10.7. The van der Waals surface area contributed by atoms with Crippen LogP contribution in [-0.4, -0.2) is 17.4 Å². The van der Waals surface area contributed by atoms with Crippen molar-refractivity contribution in [2.24, 2.45) is 0 Å². The zero-order valence-electron chi connectivity index (χ0n) is 12.6. The number of hydrogen-bond donors (Lipinski definition) is 2. The van der Waals surface area contributed by atoms with Crippen LogP contribution < -0.4 is 11.1 Å². The van der Waals surface area contributed by atoms with Crippen LogP contribution in [0.1, 0.15) is 52.7 Å². The van der Waals surface area contributed by atoms with Gasteiger partial charge >= 0.3 is 0 Å². The first-order valence-corrected chi connectivity index (χ1v) is 8.43. The highest BCUT2D eigenvalue weighted by atomic mass is 32.1. The smallest absolute Gasteiger partial charge is 0.263 e. The van der Waals surface area contributed by atoms with Crippen molar-refractivity contribution in [3.63, 3.8) is 0 Å². The molecule has 0 bridgehead atoms. The second-order valence-corrected chi connectivity index (χ2v) is 6.64. The molecule has 0 atom stereocenters. The van der Waals surface area contributed by atoms with Crippen LogP contribution >= 0.6 is 11.3 Å². The van der Waals surface area contributed by atoms with Crippen molar-refractivity contribution in [3.8, 4) is 0 Å². The van der Waals surface area contributed by atoms with Gasteiger partial charge in [-0.15, -0.1) is 11.3 Å². The summed E-state index contributed by atoms with van der Waals surface area (Å²) in [6.45, 7) is 4.78. The molecule has 2 aromatic heterocycles. The van der Waals surface area contributed by atoms with Crippen molar-refractivity contribution in [1.29, 1.82) is 0 Å². The fourth-order valence-electron chi connectivity index (χ4n) is 3.09. The second-order valence-electron chi connectivity index (χ2n) is 5.64. The average molecular weight is 303 g/mol. The third-order valence-electron chi connectivity index (χ3n) is 4.14. The van der Waals surface area contributed by atoms with Gasteiger partial charge in [-0.2, -0.15) is 0 Å². The Balaban J connectivity index is 2.14. The van der Waals surface area contributed by atoms with Gasteiger partial charge in [0.05, 0.1) is 5.69 Å². The lowest BCUT2D eigenvalue weighted by atomic mass is 9.89. The number of carbonyl (C=O) groups is 1. The number of thiophene rings is 1. The van der Waals surface area contributed by atoms with Gasteiger partial charge in [0, 0.05) is 17.6 Å². The van der Waals surface area contributed by atoms with Crippen molar-refractivity contribution in [2.75, 3.05) is 12.3 Å². The minimum atomic E-state index is -0.0698. The Morgan fingerprint density at radius 2 is 2.05 bits per heavy atom. The Labute approximate surface area is 128 Å². The maximum Gasteiger partial charge on any atom is 0.263 e. The Hall–Kier alpha value is -1.62. The first kappa shape index (κ1) is 14.3. The summed E-state index contributed by atoms with van der Waals surface area (Å²) in [7, 11) is 0. The number of hydrogen-bond acceptors (Lipinski definition) is 4. The fraction of sp³-hybridized carbons (Fsp3) is 0.500. The number of fused-ring (bicyclic) bond motifs is 3. The number of nitrogen functional groups attached to an aromatic ring is 1. The van der Waals surface area contributed by atoms with Crippen LogP contribution in [0, 0.1) is 6.92 Å². The molecule has 1 amide bonds. The van der Waals surface area contributed by atoms with E-state index in [9.17, 15) is 4.79 Å². The topological polar surface area (TPSA) is 68.0 Å². The van der Waals surface area contributed by atoms with Gasteiger partial charge in [0.1, 0.15) is 9.71 Å². The molecule has 21 heavy (non-hydrogen) atoms. The number of aromatic nitrogens is 1. The third-order valence-corrected chi connectivity index (χ3v) is 5.24. The van der Waals surface area contributed by atoms with Gasteiger partial charge in [0.2, 0.25) is 0 Å². The minimum Gasteiger partial charge on any atom is -0.397 e. The number of aryl methyl sites for hydroxylation is 2. The molecule has 5 heteroatoms. The van der Waals surface area contributed by atoms with Crippen LogP contribution in [0.25, 0.3) is 10.2 Å². The Morgan fingerprint density at radius 3 is 2.76 bits per heavy atom. The van der Waals surface area contributed by atoms with Gasteiger partial charge in [0.25, 0.3) is 5.91 Å². The van der Waals surface area contributed by atoms with Gasteiger partial charge < -0.3 is 11.1 Å². The van der Waals surface area contributed by atoms with Crippen LogP contribution in [0.3, 0.4) is 0 Å². The van der Waals surface area contributed by atoms with Crippen LogP contribution in [0.4, 0.5) is 5.69 Å². The normalized spacial score (nSPS) is 14.2. The predicted molar refractivity (Wildman–Crippen MR) is 88.0 cm³/mol. The zero-order chi connectivity index (χ0) is 15.0. The Morgan fingerprint density at radius 1 is 1.33 bits per heavy atom. The maximum atomic E-state index is 12.2. The van der Waals surface area contributed by atoms with Crippen LogP contribution in [-0.2, 0) is 12.8 Å². The number of anilines is 1. The van der Waals surface area contributed by atoms with E-state index in [2.05, 4.69) is 12.2 Å². The molecular formula is C16H21N3OS. The quantitative estimate of drug-likeness (QED) is 0.915. The highest BCUT2D eigenvalue weighted by molar-refractivity contribution is 7.21. The van der Waals surface area contributed by atoms with E-state index in [1.54, 1.807) is 0 Å². The Kier molecular flexibility index (Phi) is 3.85. The first-order valence-electron chi connectivity index (χ1n) is 7.62. The number of pyridine rings is 1. The maximum absolute atomic E-state index is 12.2. The first-order chi connectivity index (χ1) is 10.1. The summed E-state index contributed by atoms with van der Waals surface area (Å²) in [5, 5.41) is 3.94. The molecule has 4 nitrogen and oxygen atoms in total. The van der Waals surface area contributed by atoms with Gasteiger partial charge in [-0.1, -0.05) is 6.92 Å². The van der Waals surface area contributed by atoms with Crippen molar-refractivity contribution >= 4 is 33.1 Å². The molecule has 3 N–H and O–H groups in total. The molecule has 0 spiro atoms. The summed E-state index contributed by atoms with van der Waals surface area (Å²) < 4.78 is 0. The van der Waals surface area contributed by atoms with Crippen LogP contribution in [0.5, 0.6) is 0 Å². The highest BCUT2D eigenvalue weighted by Gasteiger charge is 2.23. The van der Waals surface area contributed by atoms with Crippen molar-refractivity contribution in [1.82, 2.24) is 10.3 Å². The molecule has 0 saturated heterocycles. The van der Waals surface area contributed by atoms with Gasteiger partial charge in [-0.05, 0) is 50.2 Å². The summed E-state index contributed by atoms with van der Waals surface area (Å²) in [6, 6.07) is 0. The highest BCUT2D eigenvalue weighted by Crippen LogP contribution is 2.39. The molecule has 0 aliphatic heterocycles. The number of nitrogens with one attached hydrogen (secondary N) is 1. The molecule has 112 valence electrons. The number of nitrogens with zero attached hydrogens (tertiary/aromatic N) is 1. The molecule has 0 unspecified atom stereocenters. The lowest BCUT2D eigenvalue weighted by molar-refractivity contribution is 0.0958. The molecule has 1 aliphatic carbocycles. The fourth-order valence-corrected chi connectivity index (χ4v) is 4.18. The van der Waals surface area contributed by atoms with E-state index in [1.807, 2.05) is 6.92 Å². The van der Waals surface area contributed by atoms with E-state index >= 15 is 0 Å². The average Bonchev–Trinajstić information content (AvgIpc) is 2.82. The van der Waals surface area contributed by atoms with Crippen molar-refractivity contribution in [2.45, 2.75) is 46.0 Å². The lowest BCUT2D eigenvalue weighted by Crippen LogP contribution is -2.23. The standard InChI is InChI=1S/C16H21N3OS/c1-3-8-18-15(20)14-13(17)12-11-7-5-4-6-10(11)9(2)19-16(12)21-14/h3-8,17H2,1-2H3,(H,18,20). The molecule has 1 aliphatic rings. The molecule has 0 radical (unpaired) electrons. The van der Waals surface area contributed by atoms with Crippen LogP contribution in [0.15, 0.2) is 0 Å². The van der Waals surface area contributed by atoms with E-state index in [0.29, 0.717) is 17.1 Å². The minimum absolute atomic E-state index is 0.0698. The monoisotopic (exact) mass is 303 g/mol. The van der Waals surface area contributed by atoms with E-state index in [4.69, 9.17) is 10.7 Å². The summed E-state index contributed by atoms with van der Waals surface area (Å²) in [6.07, 6.45) is 5.46.